The molecule has 0 saturated carbocycles. The van der Waals surface area contributed by atoms with Gasteiger partial charge in [0.05, 0.1) is 12.7 Å². The van der Waals surface area contributed by atoms with Gasteiger partial charge in [-0.1, -0.05) is 72.8 Å². The zero-order valence-electron chi connectivity index (χ0n) is 14.1. The number of fused-ring (bicyclic) bond motifs is 1. The lowest BCUT2D eigenvalue weighted by molar-refractivity contribution is 0.0507. The van der Waals surface area contributed by atoms with Crippen LogP contribution in [-0.2, 0) is 4.74 Å². The molecule has 0 aliphatic carbocycles. The van der Waals surface area contributed by atoms with Crippen molar-refractivity contribution in [3.05, 3.63) is 83.9 Å². The van der Waals surface area contributed by atoms with Crippen molar-refractivity contribution in [2.24, 2.45) is 0 Å². The van der Waals surface area contributed by atoms with Gasteiger partial charge in [-0.3, -0.25) is 0 Å². The predicted molar refractivity (Wildman–Crippen MR) is 99.3 cm³/mol. The summed E-state index contributed by atoms with van der Waals surface area (Å²) in [4.78, 5) is 2.38. The average Bonchev–Trinajstić information content (AvgIpc) is 2.83. The first-order valence-electron chi connectivity index (χ1n) is 8.65. The minimum atomic E-state index is 0.109. The van der Waals surface area contributed by atoms with E-state index < -0.39 is 0 Å². The Bertz CT molecular complexity index is 814. The minimum Gasteiger partial charge on any atom is -0.372 e. The molecule has 122 valence electrons. The summed E-state index contributed by atoms with van der Waals surface area (Å²) >= 11 is 0. The largest absolute Gasteiger partial charge is 0.372 e. The number of hydrogen-bond donors (Lipinski definition) is 0. The highest BCUT2D eigenvalue weighted by molar-refractivity contribution is 5.83. The topological polar surface area (TPSA) is 12.5 Å². The molecule has 0 spiro atoms. The zero-order chi connectivity index (χ0) is 16.4. The molecule has 3 aromatic carbocycles. The maximum atomic E-state index is 6.30. The van der Waals surface area contributed by atoms with Gasteiger partial charge in [0.2, 0.25) is 0 Å². The minimum absolute atomic E-state index is 0.109. The van der Waals surface area contributed by atoms with E-state index in [1.54, 1.807) is 0 Å². The molecule has 4 rings (SSSR count). The molecule has 2 heteroatoms. The fraction of sp³-hybridized carbons (Fsp3) is 0.273. The Labute approximate surface area is 143 Å². The third-order valence-corrected chi connectivity index (χ3v) is 4.97. The highest BCUT2D eigenvalue weighted by Gasteiger charge is 2.29. The molecule has 1 aliphatic rings. The van der Waals surface area contributed by atoms with Gasteiger partial charge in [0.15, 0.2) is 0 Å². The van der Waals surface area contributed by atoms with E-state index in [0.29, 0.717) is 5.92 Å². The lowest BCUT2D eigenvalue weighted by atomic mass is 9.87. The molecule has 1 saturated heterocycles. The molecular weight excluding hydrogens is 294 g/mol. The molecular formula is C22H23NO. The summed E-state index contributed by atoms with van der Waals surface area (Å²) in [6, 6.07) is 26.0. The molecule has 1 fully saturated rings. The third-order valence-electron chi connectivity index (χ3n) is 4.97. The zero-order valence-corrected chi connectivity index (χ0v) is 14.1. The van der Waals surface area contributed by atoms with Crippen LogP contribution in [0, 0.1) is 0 Å². The van der Waals surface area contributed by atoms with E-state index in [0.717, 1.165) is 19.7 Å². The van der Waals surface area contributed by atoms with Crippen LogP contribution in [0.3, 0.4) is 0 Å². The molecule has 0 bridgehead atoms. The summed E-state index contributed by atoms with van der Waals surface area (Å²) in [5.41, 5.74) is 2.63. The van der Waals surface area contributed by atoms with Gasteiger partial charge in [-0.2, -0.15) is 0 Å². The van der Waals surface area contributed by atoms with Crippen molar-refractivity contribution in [3.63, 3.8) is 0 Å². The van der Waals surface area contributed by atoms with Crippen LogP contribution >= 0.6 is 0 Å². The number of rotatable bonds is 2. The second-order valence-electron chi connectivity index (χ2n) is 6.68. The Morgan fingerprint density at radius 3 is 2.42 bits per heavy atom. The Kier molecular flexibility index (Phi) is 4.33. The molecule has 0 amide bonds. The fourth-order valence-corrected chi connectivity index (χ4v) is 3.66. The highest BCUT2D eigenvalue weighted by Crippen LogP contribution is 2.37. The van der Waals surface area contributed by atoms with Crippen molar-refractivity contribution in [1.29, 1.82) is 0 Å². The third kappa shape index (κ3) is 3.08. The van der Waals surface area contributed by atoms with E-state index >= 15 is 0 Å². The normalized spacial score (nSPS) is 22.4. The first kappa shape index (κ1) is 15.4. The molecule has 1 aliphatic heterocycles. The maximum Gasteiger partial charge on any atom is 0.0906 e. The van der Waals surface area contributed by atoms with Crippen molar-refractivity contribution in [3.8, 4) is 0 Å². The van der Waals surface area contributed by atoms with Crippen LogP contribution in [0.4, 0.5) is 0 Å². The molecule has 24 heavy (non-hydrogen) atoms. The van der Waals surface area contributed by atoms with E-state index in [-0.39, 0.29) is 6.10 Å². The van der Waals surface area contributed by atoms with Crippen molar-refractivity contribution in [1.82, 2.24) is 4.90 Å². The number of nitrogens with zero attached hydrogens (tertiary/aromatic N) is 1. The highest BCUT2D eigenvalue weighted by atomic mass is 16.5. The van der Waals surface area contributed by atoms with E-state index in [9.17, 15) is 0 Å². The smallest absolute Gasteiger partial charge is 0.0906 e. The second-order valence-corrected chi connectivity index (χ2v) is 6.68. The lowest BCUT2D eigenvalue weighted by Gasteiger charge is -2.27. The molecule has 3 aromatic rings. The van der Waals surface area contributed by atoms with Crippen LogP contribution in [0.25, 0.3) is 10.8 Å². The first-order chi connectivity index (χ1) is 11.8. The monoisotopic (exact) mass is 317 g/mol. The molecule has 2 atom stereocenters. The van der Waals surface area contributed by atoms with E-state index in [2.05, 4.69) is 84.7 Å². The average molecular weight is 317 g/mol. The summed E-state index contributed by atoms with van der Waals surface area (Å²) in [5, 5.41) is 2.59. The Balaban J connectivity index is 1.77. The van der Waals surface area contributed by atoms with Crippen LogP contribution < -0.4 is 0 Å². The van der Waals surface area contributed by atoms with Gasteiger partial charge in [-0.15, -0.1) is 0 Å². The fourth-order valence-electron chi connectivity index (χ4n) is 3.66. The number of benzene rings is 3. The van der Waals surface area contributed by atoms with Gasteiger partial charge < -0.3 is 9.64 Å². The lowest BCUT2D eigenvalue weighted by Crippen LogP contribution is -2.25. The van der Waals surface area contributed by atoms with E-state index in [1.165, 1.54) is 21.9 Å². The van der Waals surface area contributed by atoms with Crippen molar-refractivity contribution in [2.45, 2.75) is 12.0 Å². The first-order valence-corrected chi connectivity index (χ1v) is 8.65. The van der Waals surface area contributed by atoms with Gasteiger partial charge in [0, 0.05) is 19.0 Å². The Hall–Kier alpha value is -2.16. The maximum absolute atomic E-state index is 6.30. The van der Waals surface area contributed by atoms with Crippen molar-refractivity contribution in [2.75, 3.05) is 26.7 Å². The van der Waals surface area contributed by atoms with Crippen molar-refractivity contribution < 1.29 is 4.74 Å². The van der Waals surface area contributed by atoms with Crippen molar-refractivity contribution >= 4 is 10.8 Å². The van der Waals surface area contributed by atoms with Crippen LogP contribution in [0.2, 0.25) is 0 Å². The van der Waals surface area contributed by atoms with Gasteiger partial charge in [0.25, 0.3) is 0 Å². The SMILES string of the molecule is CN1CCO[C@@H](c2ccccc2)[C@H](c2ccc3ccccc3c2)C1. The van der Waals surface area contributed by atoms with Crippen LogP contribution in [-0.4, -0.2) is 31.6 Å². The molecule has 0 N–H and O–H groups in total. The Morgan fingerprint density at radius 1 is 0.833 bits per heavy atom. The summed E-state index contributed by atoms with van der Waals surface area (Å²) in [6.07, 6.45) is 0.109. The molecule has 2 nitrogen and oxygen atoms in total. The van der Waals surface area contributed by atoms with Gasteiger partial charge in [-0.25, -0.2) is 0 Å². The summed E-state index contributed by atoms with van der Waals surface area (Å²) in [7, 11) is 2.19. The van der Waals surface area contributed by atoms with Gasteiger partial charge in [0.1, 0.15) is 0 Å². The van der Waals surface area contributed by atoms with Crippen LogP contribution in [0.5, 0.6) is 0 Å². The number of likely N-dealkylation sites (N-methyl/N-ethyl adjacent to an activating group) is 1. The summed E-state index contributed by atoms with van der Waals surface area (Å²) < 4.78 is 6.30. The summed E-state index contributed by atoms with van der Waals surface area (Å²) in [6.45, 7) is 2.77. The Morgan fingerprint density at radius 2 is 1.58 bits per heavy atom. The molecule has 1 heterocycles. The van der Waals surface area contributed by atoms with Crippen LogP contribution in [0.1, 0.15) is 23.1 Å². The molecule has 0 aromatic heterocycles. The second kappa shape index (κ2) is 6.76. The predicted octanol–water partition coefficient (Wildman–Crippen LogP) is 4.63. The van der Waals surface area contributed by atoms with Gasteiger partial charge >= 0.3 is 0 Å². The number of ether oxygens (including phenoxy) is 1. The van der Waals surface area contributed by atoms with E-state index in [4.69, 9.17) is 4.74 Å². The number of hydrogen-bond acceptors (Lipinski definition) is 2. The van der Waals surface area contributed by atoms with E-state index in [1.807, 2.05) is 0 Å². The molecule has 0 unspecified atom stereocenters. The van der Waals surface area contributed by atoms with Gasteiger partial charge in [-0.05, 0) is 28.9 Å². The molecule has 0 radical (unpaired) electrons. The quantitative estimate of drug-likeness (QED) is 0.683. The standard InChI is InChI=1S/C22H23NO/c1-23-13-14-24-22(18-8-3-2-4-9-18)21(16-23)20-12-11-17-7-5-6-10-19(17)15-20/h2-12,15,21-22H,13-14,16H2,1H3/t21-,22-/m0/s1. The van der Waals surface area contributed by atoms with Crippen LogP contribution in [0.15, 0.2) is 72.8 Å². The summed E-state index contributed by atoms with van der Waals surface area (Å²) in [5.74, 6) is 0.338.